The van der Waals surface area contributed by atoms with Crippen LogP contribution in [-0.2, 0) is 0 Å². The SMILES string of the molecule is C/N=N\c1ccccc1. The molecule has 1 aromatic rings. The maximum absolute atomic E-state index is 3.83. The largest absolute Gasteiger partial charge is 0.192 e. The average Bonchev–Trinajstić information content (AvgIpc) is 1.91. The summed E-state index contributed by atoms with van der Waals surface area (Å²) in [4.78, 5) is 0. The molecule has 2 heteroatoms. The van der Waals surface area contributed by atoms with Gasteiger partial charge in [-0.1, -0.05) is 18.2 Å². The molecule has 0 radical (unpaired) electrons. The number of azo groups is 1. The van der Waals surface area contributed by atoms with Crippen molar-refractivity contribution in [3.05, 3.63) is 30.3 Å². The van der Waals surface area contributed by atoms with Crippen LogP contribution in [0.2, 0.25) is 0 Å². The number of nitrogens with zero attached hydrogens (tertiary/aromatic N) is 2. The van der Waals surface area contributed by atoms with Crippen LogP contribution < -0.4 is 0 Å². The quantitative estimate of drug-likeness (QED) is 0.508. The van der Waals surface area contributed by atoms with Crippen molar-refractivity contribution in [3.8, 4) is 0 Å². The lowest BCUT2D eigenvalue weighted by Crippen LogP contribution is -1.58. The summed E-state index contributed by atoms with van der Waals surface area (Å²) >= 11 is 0. The Hall–Kier alpha value is -1.18. The van der Waals surface area contributed by atoms with E-state index >= 15 is 0 Å². The molecule has 0 saturated heterocycles. The summed E-state index contributed by atoms with van der Waals surface area (Å²) in [7, 11) is 1.66. The average molecular weight is 120 g/mol. The molecule has 0 aliphatic heterocycles. The normalized spacial score (nSPS) is 10.3. The molecule has 0 aliphatic rings. The number of rotatable bonds is 1. The van der Waals surface area contributed by atoms with Crippen molar-refractivity contribution in [1.82, 2.24) is 0 Å². The van der Waals surface area contributed by atoms with Crippen LogP contribution in [0.15, 0.2) is 40.6 Å². The van der Waals surface area contributed by atoms with Crippen LogP contribution in [-0.4, -0.2) is 7.05 Å². The fourth-order valence-electron chi connectivity index (χ4n) is 0.610. The first kappa shape index (κ1) is 5.95. The molecule has 0 atom stereocenters. The molecular weight excluding hydrogens is 112 g/mol. The van der Waals surface area contributed by atoms with E-state index < -0.39 is 0 Å². The third-order valence-electron chi connectivity index (χ3n) is 0.972. The fourth-order valence-corrected chi connectivity index (χ4v) is 0.610. The first-order valence-electron chi connectivity index (χ1n) is 2.78. The van der Waals surface area contributed by atoms with E-state index in [-0.39, 0.29) is 0 Å². The van der Waals surface area contributed by atoms with Gasteiger partial charge >= 0.3 is 0 Å². The van der Waals surface area contributed by atoms with Crippen LogP contribution in [0.4, 0.5) is 5.69 Å². The Labute approximate surface area is 54.2 Å². The van der Waals surface area contributed by atoms with Crippen molar-refractivity contribution in [2.45, 2.75) is 0 Å². The summed E-state index contributed by atoms with van der Waals surface area (Å²) in [5.74, 6) is 0. The summed E-state index contributed by atoms with van der Waals surface area (Å²) in [5, 5.41) is 7.46. The maximum atomic E-state index is 3.83. The van der Waals surface area contributed by atoms with E-state index in [4.69, 9.17) is 0 Å². The molecule has 9 heavy (non-hydrogen) atoms. The van der Waals surface area contributed by atoms with Crippen LogP contribution in [0.3, 0.4) is 0 Å². The summed E-state index contributed by atoms with van der Waals surface area (Å²) < 4.78 is 0. The minimum absolute atomic E-state index is 0.903. The molecule has 0 spiro atoms. The van der Waals surface area contributed by atoms with Crippen molar-refractivity contribution in [2.75, 3.05) is 7.05 Å². The van der Waals surface area contributed by atoms with Crippen molar-refractivity contribution < 1.29 is 0 Å². The standard InChI is InChI=1S/C7H8N2/c1-8-9-7-5-3-2-4-6-7/h2-6H,1H3/b9-8-. The molecule has 0 heterocycles. The van der Waals surface area contributed by atoms with E-state index in [0.29, 0.717) is 0 Å². The highest BCUT2D eigenvalue weighted by Gasteiger charge is 1.80. The number of hydrogen-bond donors (Lipinski definition) is 0. The van der Waals surface area contributed by atoms with Crippen LogP contribution in [0.25, 0.3) is 0 Å². The van der Waals surface area contributed by atoms with Gasteiger partial charge in [0.05, 0.1) is 5.69 Å². The molecule has 0 aliphatic carbocycles. The first-order chi connectivity index (χ1) is 4.43. The molecule has 0 amide bonds. The van der Waals surface area contributed by atoms with Gasteiger partial charge in [0.15, 0.2) is 0 Å². The van der Waals surface area contributed by atoms with Crippen LogP contribution in [0.5, 0.6) is 0 Å². The van der Waals surface area contributed by atoms with Gasteiger partial charge in [-0.3, -0.25) is 0 Å². The second-order valence-electron chi connectivity index (χ2n) is 1.64. The molecule has 0 N–H and O–H groups in total. The lowest BCUT2D eigenvalue weighted by atomic mass is 10.3. The van der Waals surface area contributed by atoms with Crippen LogP contribution in [0, 0.1) is 0 Å². The van der Waals surface area contributed by atoms with Gasteiger partial charge in [-0.25, -0.2) is 0 Å². The Bertz CT molecular complexity index is 191. The zero-order valence-corrected chi connectivity index (χ0v) is 5.28. The van der Waals surface area contributed by atoms with Crippen LogP contribution in [0.1, 0.15) is 0 Å². The molecule has 0 saturated carbocycles. The molecule has 1 aromatic carbocycles. The smallest absolute Gasteiger partial charge is 0.0852 e. The first-order valence-corrected chi connectivity index (χ1v) is 2.78. The highest BCUT2D eigenvalue weighted by molar-refractivity contribution is 5.34. The van der Waals surface area contributed by atoms with Crippen molar-refractivity contribution >= 4 is 5.69 Å². The minimum Gasteiger partial charge on any atom is -0.192 e. The molecule has 2 nitrogen and oxygen atoms in total. The zero-order valence-electron chi connectivity index (χ0n) is 5.28. The second kappa shape index (κ2) is 2.97. The lowest BCUT2D eigenvalue weighted by molar-refractivity contribution is 1.17. The van der Waals surface area contributed by atoms with Gasteiger partial charge in [0.25, 0.3) is 0 Å². The van der Waals surface area contributed by atoms with Gasteiger partial charge in [-0.05, 0) is 12.1 Å². The van der Waals surface area contributed by atoms with Crippen molar-refractivity contribution in [3.63, 3.8) is 0 Å². The van der Waals surface area contributed by atoms with E-state index in [2.05, 4.69) is 10.2 Å². The van der Waals surface area contributed by atoms with Gasteiger partial charge in [-0.2, -0.15) is 10.2 Å². The second-order valence-corrected chi connectivity index (χ2v) is 1.64. The van der Waals surface area contributed by atoms with E-state index in [1.807, 2.05) is 30.3 Å². The predicted octanol–water partition coefficient (Wildman–Crippen LogP) is 2.40. The third-order valence-corrected chi connectivity index (χ3v) is 0.972. The summed E-state index contributed by atoms with van der Waals surface area (Å²) in [5.41, 5.74) is 0.903. The molecule has 0 bridgehead atoms. The fraction of sp³-hybridized carbons (Fsp3) is 0.143. The molecule has 1 rings (SSSR count). The Morgan fingerprint density at radius 2 is 1.78 bits per heavy atom. The van der Waals surface area contributed by atoms with Crippen molar-refractivity contribution in [2.24, 2.45) is 10.2 Å². The number of benzene rings is 1. The van der Waals surface area contributed by atoms with Gasteiger partial charge in [0.2, 0.25) is 0 Å². The third kappa shape index (κ3) is 1.64. The molecule has 46 valence electrons. The summed E-state index contributed by atoms with van der Waals surface area (Å²) in [6.07, 6.45) is 0. The lowest BCUT2D eigenvalue weighted by Gasteiger charge is -1.85. The molecule has 0 unspecified atom stereocenters. The Morgan fingerprint density at radius 1 is 1.11 bits per heavy atom. The van der Waals surface area contributed by atoms with E-state index in [0.717, 1.165) is 5.69 Å². The van der Waals surface area contributed by atoms with Gasteiger partial charge < -0.3 is 0 Å². The molecular formula is C7H8N2. The van der Waals surface area contributed by atoms with Gasteiger partial charge in [0, 0.05) is 7.05 Å². The van der Waals surface area contributed by atoms with Crippen LogP contribution >= 0.6 is 0 Å². The molecule has 0 aromatic heterocycles. The van der Waals surface area contributed by atoms with Crippen molar-refractivity contribution in [1.29, 1.82) is 0 Å². The van der Waals surface area contributed by atoms with Gasteiger partial charge in [-0.15, -0.1) is 0 Å². The maximum Gasteiger partial charge on any atom is 0.0852 e. The monoisotopic (exact) mass is 120 g/mol. The number of hydrogen-bond acceptors (Lipinski definition) is 2. The Balaban J connectivity index is 2.85. The van der Waals surface area contributed by atoms with E-state index in [9.17, 15) is 0 Å². The minimum atomic E-state index is 0.903. The topological polar surface area (TPSA) is 24.7 Å². The van der Waals surface area contributed by atoms with E-state index in [1.54, 1.807) is 7.05 Å². The van der Waals surface area contributed by atoms with Gasteiger partial charge in [0.1, 0.15) is 0 Å². The Kier molecular flexibility index (Phi) is 1.96. The Morgan fingerprint density at radius 3 is 2.33 bits per heavy atom. The molecule has 0 fully saturated rings. The summed E-state index contributed by atoms with van der Waals surface area (Å²) in [6.45, 7) is 0. The zero-order chi connectivity index (χ0) is 6.53. The highest BCUT2D eigenvalue weighted by Crippen LogP contribution is 2.08. The highest BCUT2D eigenvalue weighted by atomic mass is 15.1. The predicted molar refractivity (Wildman–Crippen MR) is 36.9 cm³/mol. The van der Waals surface area contributed by atoms with E-state index in [1.165, 1.54) is 0 Å². The summed E-state index contributed by atoms with van der Waals surface area (Å²) in [6, 6.07) is 9.64.